The first-order valence-electron chi connectivity index (χ1n) is 9.73. The Labute approximate surface area is 170 Å². The molecule has 0 spiro atoms. The van der Waals surface area contributed by atoms with E-state index in [0.717, 1.165) is 68.0 Å². The van der Waals surface area contributed by atoms with Crippen LogP contribution in [-0.2, 0) is 4.79 Å². The van der Waals surface area contributed by atoms with Crippen molar-refractivity contribution in [2.24, 2.45) is 11.8 Å². The first-order chi connectivity index (χ1) is 12.8. The first kappa shape index (κ1) is 20.3. The van der Waals surface area contributed by atoms with Crippen LogP contribution in [0.25, 0.3) is 10.2 Å². The van der Waals surface area contributed by atoms with E-state index in [1.807, 2.05) is 0 Å². The van der Waals surface area contributed by atoms with Crippen molar-refractivity contribution in [2.75, 3.05) is 37.6 Å². The Kier molecular flexibility index (Phi) is 7.26. The molecule has 0 aromatic carbocycles. The number of piperidine rings is 2. The summed E-state index contributed by atoms with van der Waals surface area (Å²) in [6.07, 6.45) is 7.24. The van der Waals surface area contributed by atoms with Gasteiger partial charge < -0.3 is 15.5 Å². The van der Waals surface area contributed by atoms with Crippen molar-refractivity contribution in [3.05, 3.63) is 17.8 Å². The molecule has 27 heavy (non-hydrogen) atoms. The molecule has 2 fully saturated rings. The SMILES string of the molecule is Cl.O=C(NCCC1CCCNC1)C1CCCN(c2ncnc3sccc23)C1. The zero-order valence-corrected chi connectivity index (χ0v) is 17.2. The predicted molar refractivity (Wildman–Crippen MR) is 113 cm³/mol. The van der Waals surface area contributed by atoms with E-state index in [1.165, 1.54) is 12.8 Å². The van der Waals surface area contributed by atoms with E-state index in [2.05, 4.69) is 36.9 Å². The molecule has 2 aliphatic rings. The number of nitrogens with zero attached hydrogens (tertiary/aromatic N) is 3. The van der Waals surface area contributed by atoms with Gasteiger partial charge in [0.1, 0.15) is 17.0 Å². The average Bonchev–Trinajstić information content (AvgIpc) is 3.18. The van der Waals surface area contributed by atoms with E-state index in [-0.39, 0.29) is 24.2 Å². The molecule has 148 valence electrons. The monoisotopic (exact) mass is 409 g/mol. The molecule has 6 nitrogen and oxygen atoms in total. The van der Waals surface area contributed by atoms with Crippen LogP contribution < -0.4 is 15.5 Å². The van der Waals surface area contributed by atoms with Crippen molar-refractivity contribution in [1.29, 1.82) is 0 Å². The van der Waals surface area contributed by atoms with Gasteiger partial charge in [0.15, 0.2) is 0 Å². The normalized spacial score (nSPS) is 23.0. The Bertz CT molecular complexity index is 749. The van der Waals surface area contributed by atoms with Crippen molar-refractivity contribution in [3.8, 4) is 0 Å². The number of hydrogen-bond acceptors (Lipinski definition) is 6. The highest BCUT2D eigenvalue weighted by molar-refractivity contribution is 7.16. The molecule has 2 aliphatic heterocycles. The van der Waals surface area contributed by atoms with Crippen LogP contribution in [0.2, 0.25) is 0 Å². The molecule has 2 aromatic rings. The Hall–Kier alpha value is -1.44. The van der Waals surface area contributed by atoms with Gasteiger partial charge in [0, 0.05) is 19.6 Å². The van der Waals surface area contributed by atoms with Gasteiger partial charge in [-0.2, -0.15) is 0 Å². The average molecular weight is 410 g/mol. The third-order valence-corrected chi connectivity index (χ3v) is 6.40. The lowest BCUT2D eigenvalue weighted by atomic mass is 9.95. The number of nitrogens with one attached hydrogen (secondary N) is 2. The molecule has 4 rings (SSSR count). The van der Waals surface area contributed by atoms with E-state index in [4.69, 9.17) is 0 Å². The van der Waals surface area contributed by atoms with Crippen LogP contribution in [0.4, 0.5) is 5.82 Å². The number of thiophene rings is 1. The third kappa shape index (κ3) is 4.89. The van der Waals surface area contributed by atoms with Gasteiger partial charge in [0.2, 0.25) is 5.91 Å². The summed E-state index contributed by atoms with van der Waals surface area (Å²) in [7, 11) is 0. The van der Waals surface area contributed by atoms with Crippen LogP contribution in [-0.4, -0.2) is 48.6 Å². The van der Waals surface area contributed by atoms with Crippen molar-refractivity contribution < 1.29 is 4.79 Å². The van der Waals surface area contributed by atoms with Gasteiger partial charge in [0.25, 0.3) is 0 Å². The Balaban J connectivity index is 0.00000210. The van der Waals surface area contributed by atoms with E-state index in [9.17, 15) is 4.79 Å². The number of anilines is 1. The molecule has 2 N–H and O–H groups in total. The molecule has 2 atom stereocenters. The van der Waals surface area contributed by atoms with Crippen molar-refractivity contribution in [3.63, 3.8) is 0 Å². The molecule has 0 bridgehead atoms. The molecule has 4 heterocycles. The number of hydrogen-bond donors (Lipinski definition) is 2. The second kappa shape index (κ2) is 9.66. The lowest BCUT2D eigenvalue weighted by Gasteiger charge is -2.33. The molecule has 8 heteroatoms. The summed E-state index contributed by atoms with van der Waals surface area (Å²) in [6, 6.07) is 2.08. The van der Waals surface area contributed by atoms with Crippen LogP contribution in [0, 0.1) is 11.8 Å². The molecule has 0 saturated carbocycles. The zero-order chi connectivity index (χ0) is 17.8. The van der Waals surface area contributed by atoms with Crippen molar-refractivity contribution >= 4 is 45.7 Å². The molecule has 0 aliphatic carbocycles. The van der Waals surface area contributed by atoms with Crippen LogP contribution >= 0.6 is 23.7 Å². The van der Waals surface area contributed by atoms with Gasteiger partial charge in [-0.05, 0) is 62.6 Å². The summed E-state index contributed by atoms with van der Waals surface area (Å²) >= 11 is 1.63. The number of aromatic nitrogens is 2. The minimum absolute atomic E-state index is 0. The number of carbonyl (C=O) groups excluding carboxylic acids is 1. The summed E-state index contributed by atoms with van der Waals surface area (Å²) in [6.45, 7) is 4.74. The molecule has 0 radical (unpaired) electrons. The summed E-state index contributed by atoms with van der Waals surface area (Å²) in [5.74, 6) is 1.94. The van der Waals surface area contributed by atoms with Gasteiger partial charge in [-0.1, -0.05) is 0 Å². The summed E-state index contributed by atoms with van der Waals surface area (Å²) in [5, 5.41) is 9.77. The van der Waals surface area contributed by atoms with E-state index in [0.29, 0.717) is 5.92 Å². The quantitative estimate of drug-likeness (QED) is 0.794. The maximum atomic E-state index is 12.6. The van der Waals surface area contributed by atoms with Crippen molar-refractivity contribution in [1.82, 2.24) is 20.6 Å². The molecular weight excluding hydrogens is 382 g/mol. The lowest BCUT2D eigenvalue weighted by Crippen LogP contribution is -2.44. The Morgan fingerprint density at radius 3 is 3.11 bits per heavy atom. The number of halogens is 1. The maximum Gasteiger partial charge on any atom is 0.224 e. The highest BCUT2D eigenvalue weighted by atomic mass is 35.5. The Morgan fingerprint density at radius 1 is 1.33 bits per heavy atom. The van der Waals surface area contributed by atoms with Crippen molar-refractivity contribution in [2.45, 2.75) is 32.1 Å². The highest BCUT2D eigenvalue weighted by Gasteiger charge is 2.27. The first-order valence-corrected chi connectivity index (χ1v) is 10.6. The zero-order valence-electron chi connectivity index (χ0n) is 15.5. The number of amides is 1. The molecular formula is C19H28ClN5OS. The van der Waals surface area contributed by atoms with Crippen LogP contribution in [0.1, 0.15) is 32.1 Å². The largest absolute Gasteiger partial charge is 0.356 e. The van der Waals surface area contributed by atoms with Crippen LogP contribution in [0.3, 0.4) is 0 Å². The predicted octanol–water partition coefficient (Wildman–Crippen LogP) is 2.84. The number of fused-ring (bicyclic) bond motifs is 1. The minimum Gasteiger partial charge on any atom is -0.356 e. The summed E-state index contributed by atoms with van der Waals surface area (Å²) < 4.78 is 0. The fourth-order valence-electron chi connectivity index (χ4n) is 4.13. The van der Waals surface area contributed by atoms with Gasteiger partial charge in [-0.3, -0.25) is 4.79 Å². The van der Waals surface area contributed by atoms with Gasteiger partial charge >= 0.3 is 0 Å². The highest BCUT2D eigenvalue weighted by Crippen LogP contribution is 2.29. The van der Waals surface area contributed by atoms with E-state index in [1.54, 1.807) is 17.7 Å². The summed E-state index contributed by atoms with van der Waals surface area (Å²) in [5.41, 5.74) is 0. The second-order valence-corrected chi connectivity index (χ2v) is 8.31. The fraction of sp³-hybridized carbons (Fsp3) is 0.632. The molecule has 1 amide bonds. The lowest BCUT2D eigenvalue weighted by molar-refractivity contribution is -0.125. The molecule has 2 aromatic heterocycles. The van der Waals surface area contributed by atoms with E-state index < -0.39 is 0 Å². The molecule has 2 unspecified atom stereocenters. The smallest absolute Gasteiger partial charge is 0.224 e. The van der Waals surface area contributed by atoms with Gasteiger partial charge in [-0.25, -0.2) is 9.97 Å². The topological polar surface area (TPSA) is 70.2 Å². The Morgan fingerprint density at radius 2 is 2.26 bits per heavy atom. The van der Waals surface area contributed by atoms with Crippen LogP contribution in [0.5, 0.6) is 0 Å². The maximum absolute atomic E-state index is 12.6. The van der Waals surface area contributed by atoms with Crippen LogP contribution in [0.15, 0.2) is 17.8 Å². The fourth-order valence-corrected chi connectivity index (χ4v) is 4.85. The second-order valence-electron chi connectivity index (χ2n) is 7.41. The van der Waals surface area contributed by atoms with Gasteiger partial charge in [0.05, 0.1) is 11.3 Å². The minimum atomic E-state index is 0. The van der Waals surface area contributed by atoms with Gasteiger partial charge in [-0.15, -0.1) is 23.7 Å². The summed E-state index contributed by atoms with van der Waals surface area (Å²) in [4.78, 5) is 24.8. The van der Waals surface area contributed by atoms with E-state index >= 15 is 0 Å². The standard InChI is InChI=1S/C19H27N5OS.ClH/c25-18(21-8-5-14-3-1-7-20-11-14)15-4-2-9-24(12-15)17-16-6-10-26-19(16)23-13-22-17;/h6,10,13-15,20H,1-5,7-9,11-12H2,(H,21,25);1H. The third-order valence-electron chi connectivity index (χ3n) is 5.58. The molecule has 2 saturated heterocycles. The number of carbonyl (C=O) groups is 1. The number of rotatable bonds is 5.